The van der Waals surface area contributed by atoms with E-state index in [0.29, 0.717) is 11.8 Å². The van der Waals surface area contributed by atoms with Gasteiger partial charge in [0.25, 0.3) is 0 Å². The number of hydrogen-bond acceptors (Lipinski definition) is 3. The van der Waals surface area contributed by atoms with Gasteiger partial charge in [-0.05, 0) is 19.3 Å². The van der Waals surface area contributed by atoms with E-state index in [0.717, 1.165) is 38.9 Å². The minimum Gasteiger partial charge on any atom is -0.342 e. The molecule has 1 saturated heterocycles. The Balaban J connectivity index is 1.46. The minimum atomic E-state index is 0.224. The van der Waals surface area contributed by atoms with Gasteiger partial charge in [0.05, 0.1) is 0 Å². The monoisotopic (exact) mass is 246 g/mol. The van der Waals surface area contributed by atoms with Gasteiger partial charge in [0.15, 0.2) is 0 Å². The lowest BCUT2D eigenvalue weighted by molar-refractivity contribution is -0.142. The number of carbonyl (C=O) groups excluding carboxylic acids is 1. The zero-order valence-electron chi connectivity index (χ0n) is 10.4. The lowest BCUT2D eigenvalue weighted by atomic mass is 9.90. The van der Waals surface area contributed by atoms with E-state index in [1.165, 1.54) is 0 Å². The van der Waals surface area contributed by atoms with Crippen LogP contribution in [0.1, 0.15) is 19.3 Å². The Bertz CT molecular complexity index is 434. The lowest BCUT2D eigenvalue weighted by Gasteiger charge is -2.41. The average molecular weight is 246 g/mol. The van der Waals surface area contributed by atoms with Crippen molar-refractivity contribution in [2.75, 3.05) is 13.1 Å². The molecule has 0 bridgehead atoms. The third-order valence-corrected chi connectivity index (χ3v) is 3.80. The van der Waals surface area contributed by atoms with Gasteiger partial charge in [0.1, 0.15) is 12.7 Å². The molecule has 1 unspecified atom stereocenters. The van der Waals surface area contributed by atoms with Crippen LogP contribution < -0.4 is 0 Å². The predicted octanol–water partition coefficient (Wildman–Crippen LogP) is 1.09. The molecular weight excluding hydrogens is 228 g/mol. The molecule has 1 atom stereocenters. The second-order valence-electron chi connectivity index (χ2n) is 5.21. The molecule has 0 aromatic carbocycles. The van der Waals surface area contributed by atoms with Gasteiger partial charge in [-0.15, -0.1) is 0 Å². The summed E-state index contributed by atoms with van der Waals surface area (Å²) in [4.78, 5) is 18.1. The maximum Gasteiger partial charge on any atom is 0.226 e. The summed E-state index contributed by atoms with van der Waals surface area (Å²) in [6, 6.07) is 0. The van der Waals surface area contributed by atoms with Gasteiger partial charge in [0, 0.05) is 31.5 Å². The average Bonchev–Trinajstić information content (AvgIpc) is 2.86. The molecule has 2 aliphatic rings. The van der Waals surface area contributed by atoms with Crippen molar-refractivity contribution >= 4 is 5.91 Å². The van der Waals surface area contributed by atoms with Gasteiger partial charge < -0.3 is 4.90 Å². The van der Waals surface area contributed by atoms with Crippen LogP contribution >= 0.6 is 0 Å². The first kappa shape index (κ1) is 11.4. The van der Waals surface area contributed by atoms with E-state index in [2.05, 4.69) is 22.2 Å². The smallest absolute Gasteiger partial charge is 0.226 e. The highest BCUT2D eigenvalue weighted by molar-refractivity contribution is 5.80. The molecule has 3 rings (SSSR count). The molecule has 0 spiro atoms. The van der Waals surface area contributed by atoms with E-state index >= 15 is 0 Å². The number of allylic oxidation sites excluding steroid dienone is 2. The summed E-state index contributed by atoms with van der Waals surface area (Å²) in [5.74, 6) is 1.10. The van der Waals surface area contributed by atoms with Crippen LogP contribution in [0.2, 0.25) is 0 Å². The number of carbonyl (C=O) groups is 1. The molecule has 5 nitrogen and oxygen atoms in total. The summed E-state index contributed by atoms with van der Waals surface area (Å²) in [5, 5.41) is 4.09. The second-order valence-corrected chi connectivity index (χ2v) is 5.21. The molecule has 18 heavy (non-hydrogen) atoms. The van der Waals surface area contributed by atoms with Gasteiger partial charge in [-0.25, -0.2) is 4.98 Å². The standard InChI is InChI=1S/C13H18N4O/c18-13(12-4-2-1-3-5-12)16-6-11(7-16)8-17-10-14-9-15-17/h1-2,9-12H,3-8H2. The maximum absolute atomic E-state index is 12.2. The fourth-order valence-electron chi connectivity index (χ4n) is 2.73. The van der Waals surface area contributed by atoms with Crippen molar-refractivity contribution in [2.24, 2.45) is 11.8 Å². The molecule has 0 radical (unpaired) electrons. The van der Waals surface area contributed by atoms with Crippen molar-refractivity contribution in [2.45, 2.75) is 25.8 Å². The van der Waals surface area contributed by atoms with Gasteiger partial charge in [0.2, 0.25) is 5.91 Å². The summed E-state index contributed by atoms with van der Waals surface area (Å²) in [5.41, 5.74) is 0. The fraction of sp³-hybridized carbons (Fsp3) is 0.615. The lowest BCUT2D eigenvalue weighted by Crippen LogP contribution is -2.53. The molecule has 0 N–H and O–H groups in total. The molecule has 1 fully saturated rings. The van der Waals surface area contributed by atoms with E-state index in [1.54, 1.807) is 12.7 Å². The van der Waals surface area contributed by atoms with Crippen molar-refractivity contribution in [1.29, 1.82) is 0 Å². The van der Waals surface area contributed by atoms with Crippen LogP contribution in [0.3, 0.4) is 0 Å². The Morgan fingerprint density at radius 2 is 2.22 bits per heavy atom. The molecule has 5 heteroatoms. The highest BCUT2D eigenvalue weighted by Gasteiger charge is 2.34. The Labute approximate surface area is 106 Å². The van der Waals surface area contributed by atoms with E-state index in [9.17, 15) is 4.79 Å². The quantitative estimate of drug-likeness (QED) is 0.750. The third-order valence-electron chi connectivity index (χ3n) is 3.80. The SMILES string of the molecule is O=C(C1CC=CCC1)N1CC(Cn2cncn2)C1. The largest absolute Gasteiger partial charge is 0.342 e. The molecule has 1 aliphatic carbocycles. The predicted molar refractivity (Wildman–Crippen MR) is 66.6 cm³/mol. The number of aromatic nitrogens is 3. The van der Waals surface area contributed by atoms with Crippen molar-refractivity contribution < 1.29 is 4.79 Å². The summed E-state index contributed by atoms with van der Waals surface area (Å²) in [7, 11) is 0. The zero-order chi connectivity index (χ0) is 12.4. The molecular formula is C13H18N4O. The Hall–Kier alpha value is -1.65. The first-order chi connectivity index (χ1) is 8.83. The highest BCUT2D eigenvalue weighted by atomic mass is 16.2. The molecule has 1 amide bonds. The third kappa shape index (κ3) is 2.30. The number of amides is 1. The van der Waals surface area contributed by atoms with Gasteiger partial charge in [-0.2, -0.15) is 5.10 Å². The van der Waals surface area contributed by atoms with E-state index < -0.39 is 0 Å². The number of likely N-dealkylation sites (tertiary alicyclic amines) is 1. The molecule has 1 aromatic heterocycles. The van der Waals surface area contributed by atoms with Crippen LogP contribution in [-0.2, 0) is 11.3 Å². The Morgan fingerprint density at radius 1 is 1.33 bits per heavy atom. The normalized spacial score (nSPS) is 24.0. The number of nitrogens with zero attached hydrogens (tertiary/aromatic N) is 4. The van der Waals surface area contributed by atoms with Crippen molar-refractivity contribution in [3.05, 3.63) is 24.8 Å². The van der Waals surface area contributed by atoms with Crippen molar-refractivity contribution in [3.8, 4) is 0 Å². The summed E-state index contributed by atoms with van der Waals surface area (Å²) in [6.07, 6.45) is 10.6. The van der Waals surface area contributed by atoms with E-state index in [4.69, 9.17) is 0 Å². The maximum atomic E-state index is 12.2. The van der Waals surface area contributed by atoms with Crippen LogP contribution in [0.5, 0.6) is 0 Å². The Morgan fingerprint density at radius 3 is 2.89 bits per heavy atom. The zero-order valence-corrected chi connectivity index (χ0v) is 10.4. The van der Waals surface area contributed by atoms with Crippen LogP contribution in [0.25, 0.3) is 0 Å². The van der Waals surface area contributed by atoms with Crippen molar-refractivity contribution in [1.82, 2.24) is 19.7 Å². The van der Waals surface area contributed by atoms with Crippen molar-refractivity contribution in [3.63, 3.8) is 0 Å². The first-order valence-corrected chi connectivity index (χ1v) is 6.59. The summed E-state index contributed by atoms with van der Waals surface area (Å²) < 4.78 is 1.84. The van der Waals surface area contributed by atoms with Crippen LogP contribution in [0.4, 0.5) is 0 Å². The fourth-order valence-corrected chi connectivity index (χ4v) is 2.73. The number of hydrogen-bond donors (Lipinski definition) is 0. The van der Waals surface area contributed by atoms with Crippen LogP contribution in [-0.4, -0.2) is 38.7 Å². The molecule has 1 aromatic rings. The molecule has 2 heterocycles. The highest BCUT2D eigenvalue weighted by Crippen LogP contribution is 2.25. The van der Waals surface area contributed by atoms with Crippen LogP contribution in [0, 0.1) is 11.8 Å². The number of rotatable bonds is 3. The summed E-state index contributed by atoms with van der Waals surface area (Å²) in [6.45, 7) is 2.62. The Kier molecular flexibility index (Phi) is 3.13. The topological polar surface area (TPSA) is 51.0 Å². The minimum absolute atomic E-state index is 0.224. The van der Waals surface area contributed by atoms with E-state index in [1.807, 2.05) is 9.58 Å². The van der Waals surface area contributed by atoms with Gasteiger partial charge in [-0.3, -0.25) is 9.48 Å². The van der Waals surface area contributed by atoms with Gasteiger partial charge >= 0.3 is 0 Å². The second kappa shape index (κ2) is 4.92. The first-order valence-electron chi connectivity index (χ1n) is 6.59. The molecule has 96 valence electrons. The van der Waals surface area contributed by atoms with E-state index in [-0.39, 0.29) is 5.92 Å². The van der Waals surface area contributed by atoms with Crippen LogP contribution in [0.15, 0.2) is 24.8 Å². The molecule has 0 saturated carbocycles. The van der Waals surface area contributed by atoms with Gasteiger partial charge in [-0.1, -0.05) is 12.2 Å². The summed E-state index contributed by atoms with van der Waals surface area (Å²) >= 11 is 0. The molecule has 1 aliphatic heterocycles.